The summed E-state index contributed by atoms with van der Waals surface area (Å²) in [5.74, 6) is -0.144. The molecule has 0 spiro atoms. The summed E-state index contributed by atoms with van der Waals surface area (Å²) < 4.78 is 5.42. The molecule has 10 heteroatoms. The van der Waals surface area contributed by atoms with E-state index in [1.165, 1.54) is 12.1 Å². The van der Waals surface area contributed by atoms with Gasteiger partial charge in [-0.15, -0.1) is 0 Å². The van der Waals surface area contributed by atoms with Crippen molar-refractivity contribution in [3.05, 3.63) is 70.6 Å². The molecular formula is C26H28N5O5-. The van der Waals surface area contributed by atoms with E-state index in [-0.39, 0.29) is 29.3 Å². The number of amides is 2. The van der Waals surface area contributed by atoms with Gasteiger partial charge in [-0.3, -0.25) is 19.7 Å². The van der Waals surface area contributed by atoms with Crippen molar-refractivity contribution in [1.29, 1.82) is 0 Å². The number of nitrogens with one attached hydrogen (secondary N) is 1. The molecule has 1 aromatic heterocycles. The summed E-state index contributed by atoms with van der Waals surface area (Å²) in [4.78, 5) is 36.5. The predicted octanol–water partition coefficient (Wildman–Crippen LogP) is 1.88. The second kappa shape index (κ2) is 9.21. The largest absolute Gasteiger partial charge is 0.733 e. The zero-order valence-electron chi connectivity index (χ0n) is 19.8. The highest BCUT2D eigenvalue weighted by Gasteiger charge is 2.48. The zero-order valence-corrected chi connectivity index (χ0v) is 19.8. The van der Waals surface area contributed by atoms with Crippen molar-refractivity contribution in [3.63, 3.8) is 0 Å². The summed E-state index contributed by atoms with van der Waals surface area (Å²) in [6.07, 6.45) is 0.442. The average molecular weight is 491 g/mol. The number of aromatic amines is 1. The normalized spacial score (nSPS) is 22.6. The van der Waals surface area contributed by atoms with Gasteiger partial charge >= 0.3 is 0 Å². The van der Waals surface area contributed by atoms with Crippen molar-refractivity contribution < 1.29 is 19.5 Å². The van der Waals surface area contributed by atoms with Crippen molar-refractivity contribution >= 4 is 28.4 Å². The van der Waals surface area contributed by atoms with Gasteiger partial charge in [0.15, 0.2) is 0 Å². The van der Waals surface area contributed by atoms with Crippen LogP contribution in [-0.4, -0.2) is 88.7 Å². The molecule has 6 rings (SSSR count). The van der Waals surface area contributed by atoms with Crippen molar-refractivity contribution in [2.45, 2.75) is 18.5 Å². The minimum Gasteiger partial charge on any atom is -0.733 e. The number of para-hydroxylation sites is 1. The number of hydrogen-bond acceptors (Lipinski definition) is 7. The Balaban J connectivity index is 1.36. The quantitative estimate of drug-likeness (QED) is 0.525. The highest BCUT2D eigenvalue weighted by molar-refractivity contribution is 5.97. The number of H-pyrrole nitrogens is 1. The SMILES string of the molecule is O=C1C2Cc3c([nH]c4ccccc34)C(c3ccc(N([O-])O)cc3)N2C(=O)CN1CCN1CCOCC1. The number of hydrogen-bond donors (Lipinski definition) is 2. The second-order valence-electron chi connectivity index (χ2n) is 9.56. The van der Waals surface area contributed by atoms with E-state index in [0.29, 0.717) is 32.7 Å². The highest BCUT2D eigenvalue weighted by atomic mass is 16.8. The molecule has 2 unspecified atom stereocenters. The Bertz CT molecular complexity index is 1280. The van der Waals surface area contributed by atoms with Crippen LogP contribution in [0.5, 0.6) is 0 Å². The van der Waals surface area contributed by atoms with Crippen LogP contribution >= 0.6 is 0 Å². The molecule has 2 fully saturated rings. The van der Waals surface area contributed by atoms with Crippen LogP contribution in [0.1, 0.15) is 22.9 Å². The molecule has 2 saturated heterocycles. The molecule has 10 nitrogen and oxygen atoms in total. The number of benzene rings is 2. The first-order chi connectivity index (χ1) is 17.5. The number of aromatic nitrogens is 1. The van der Waals surface area contributed by atoms with Crippen molar-refractivity contribution in [1.82, 2.24) is 19.7 Å². The summed E-state index contributed by atoms with van der Waals surface area (Å²) in [5.41, 5.74) is 3.73. The van der Waals surface area contributed by atoms with Gasteiger partial charge in [0.1, 0.15) is 6.04 Å². The van der Waals surface area contributed by atoms with Crippen LogP contribution in [-0.2, 0) is 20.7 Å². The molecular weight excluding hydrogens is 462 g/mol. The fourth-order valence-corrected chi connectivity index (χ4v) is 5.73. The fraction of sp³-hybridized carbons (Fsp3) is 0.385. The standard InChI is InChI=1S/C26H28N5O5/c32-23-16-29(10-9-28-11-13-36-14-12-28)26(33)22-15-20-19-3-1-2-4-21(19)27-24(20)25(30(22)23)17-5-7-18(8-6-17)31(34)35/h1-8,22,25,27,34H,9-16H2/q-1. The third-order valence-electron chi connectivity index (χ3n) is 7.56. The smallest absolute Gasteiger partial charge is 0.246 e. The minimum absolute atomic E-state index is 0.0365. The number of ether oxygens (including phenoxy) is 1. The van der Waals surface area contributed by atoms with E-state index in [1.807, 2.05) is 24.3 Å². The number of carbonyl (C=O) groups excluding carboxylic acids is 2. The van der Waals surface area contributed by atoms with Crippen molar-refractivity contribution in [2.24, 2.45) is 0 Å². The lowest BCUT2D eigenvalue weighted by Gasteiger charge is -2.47. The zero-order chi connectivity index (χ0) is 24.8. The van der Waals surface area contributed by atoms with E-state index in [2.05, 4.69) is 9.88 Å². The number of piperazine rings is 1. The highest BCUT2D eigenvalue weighted by Crippen LogP contribution is 2.42. The molecule has 0 radical (unpaired) electrons. The molecule has 2 N–H and O–H groups in total. The van der Waals surface area contributed by atoms with Crippen LogP contribution in [0.25, 0.3) is 10.9 Å². The first-order valence-corrected chi connectivity index (χ1v) is 12.3. The van der Waals surface area contributed by atoms with Crippen LogP contribution in [0.15, 0.2) is 48.5 Å². The van der Waals surface area contributed by atoms with Crippen molar-refractivity contribution in [3.8, 4) is 0 Å². The Labute approximate surface area is 208 Å². The summed E-state index contributed by atoms with van der Waals surface area (Å²) >= 11 is 0. The van der Waals surface area contributed by atoms with Gasteiger partial charge in [0.2, 0.25) is 11.8 Å². The maximum absolute atomic E-state index is 13.8. The Hall–Kier alpha value is -3.44. The topological polar surface area (TPSA) is 115 Å². The van der Waals surface area contributed by atoms with Crippen LogP contribution in [0.3, 0.4) is 0 Å². The van der Waals surface area contributed by atoms with Crippen LogP contribution in [0, 0.1) is 5.21 Å². The van der Waals surface area contributed by atoms with E-state index in [1.54, 1.807) is 21.9 Å². The van der Waals surface area contributed by atoms with E-state index in [4.69, 9.17) is 4.74 Å². The molecule has 0 aliphatic carbocycles. The van der Waals surface area contributed by atoms with Crippen molar-refractivity contribution in [2.75, 3.05) is 51.2 Å². The molecule has 0 bridgehead atoms. The molecule has 3 aliphatic heterocycles. The maximum Gasteiger partial charge on any atom is 0.246 e. The lowest BCUT2D eigenvalue weighted by atomic mass is 9.86. The van der Waals surface area contributed by atoms with Gasteiger partial charge in [0.05, 0.1) is 31.5 Å². The van der Waals surface area contributed by atoms with Gasteiger partial charge in [-0.2, -0.15) is 0 Å². The second-order valence-corrected chi connectivity index (χ2v) is 9.56. The maximum atomic E-state index is 13.8. The van der Waals surface area contributed by atoms with E-state index in [0.717, 1.165) is 40.8 Å². The molecule has 3 aromatic rings. The molecule has 3 aliphatic rings. The molecule has 2 atom stereocenters. The molecule has 4 heterocycles. The third kappa shape index (κ3) is 3.92. The Kier molecular flexibility index (Phi) is 5.88. The number of morpholine rings is 1. The number of fused-ring (bicyclic) bond motifs is 4. The van der Waals surface area contributed by atoms with Gasteiger partial charge in [-0.25, -0.2) is 0 Å². The third-order valence-corrected chi connectivity index (χ3v) is 7.56. The van der Waals surface area contributed by atoms with E-state index in [9.17, 15) is 20.0 Å². The van der Waals surface area contributed by atoms with Gasteiger partial charge in [0.25, 0.3) is 0 Å². The summed E-state index contributed by atoms with van der Waals surface area (Å²) in [7, 11) is 0. The Morgan fingerprint density at radius 2 is 1.81 bits per heavy atom. The van der Waals surface area contributed by atoms with Gasteiger partial charge in [0, 0.05) is 49.2 Å². The lowest BCUT2D eigenvalue weighted by Crippen LogP contribution is -2.63. The molecule has 36 heavy (non-hydrogen) atoms. The lowest BCUT2D eigenvalue weighted by molar-refractivity contribution is -0.158. The van der Waals surface area contributed by atoms with E-state index < -0.39 is 12.1 Å². The Morgan fingerprint density at radius 1 is 1.06 bits per heavy atom. The number of carbonyl (C=O) groups is 2. The number of rotatable bonds is 5. The van der Waals surface area contributed by atoms with Crippen LogP contribution in [0.2, 0.25) is 0 Å². The first-order valence-electron chi connectivity index (χ1n) is 12.3. The summed E-state index contributed by atoms with van der Waals surface area (Å²) in [6.45, 7) is 4.29. The number of nitrogens with zero attached hydrogens (tertiary/aromatic N) is 4. The molecule has 2 aromatic carbocycles. The average Bonchev–Trinajstić information content (AvgIpc) is 3.28. The summed E-state index contributed by atoms with van der Waals surface area (Å²) in [6, 6.07) is 13.3. The fourth-order valence-electron chi connectivity index (χ4n) is 5.73. The van der Waals surface area contributed by atoms with Gasteiger partial charge < -0.3 is 30.0 Å². The monoisotopic (exact) mass is 490 g/mol. The minimum atomic E-state index is -0.610. The number of anilines is 1. The van der Waals surface area contributed by atoms with Crippen LogP contribution in [0.4, 0.5) is 5.69 Å². The van der Waals surface area contributed by atoms with Gasteiger partial charge in [-0.05, 0) is 29.3 Å². The molecule has 2 amide bonds. The summed E-state index contributed by atoms with van der Waals surface area (Å²) in [5, 5.41) is 21.4. The predicted molar refractivity (Wildman–Crippen MR) is 132 cm³/mol. The van der Waals surface area contributed by atoms with E-state index >= 15 is 0 Å². The molecule has 0 saturated carbocycles. The van der Waals surface area contributed by atoms with Gasteiger partial charge in [-0.1, -0.05) is 30.3 Å². The first kappa shape index (κ1) is 23.0. The molecule has 188 valence electrons. The Morgan fingerprint density at radius 3 is 2.56 bits per heavy atom. The van der Waals surface area contributed by atoms with Crippen LogP contribution < -0.4 is 5.23 Å².